The second-order valence-corrected chi connectivity index (χ2v) is 4.39. The van der Waals surface area contributed by atoms with E-state index in [0.29, 0.717) is 12.3 Å². The Morgan fingerprint density at radius 1 is 1.20 bits per heavy atom. The van der Waals surface area contributed by atoms with Crippen LogP contribution in [-0.2, 0) is 16.1 Å². The van der Waals surface area contributed by atoms with Gasteiger partial charge in [-0.2, -0.15) is 5.10 Å². The van der Waals surface area contributed by atoms with Gasteiger partial charge in [0.05, 0.1) is 11.2 Å². The number of nitrogens with two attached hydrogens (primary N) is 1. The van der Waals surface area contributed by atoms with Gasteiger partial charge in [0.15, 0.2) is 0 Å². The van der Waals surface area contributed by atoms with E-state index >= 15 is 0 Å². The van der Waals surface area contributed by atoms with E-state index < -0.39 is 0 Å². The molecule has 0 aliphatic heterocycles. The van der Waals surface area contributed by atoms with Gasteiger partial charge in [0.2, 0.25) is 0 Å². The van der Waals surface area contributed by atoms with Crippen LogP contribution in [0.3, 0.4) is 0 Å². The summed E-state index contributed by atoms with van der Waals surface area (Å²) in [7, 11) is 0. The molecule has 0 bridgehead atoms. The number of aromatic nitrogens is 2. The number of fused-ring (bicyclic) bond motifs is 1. The van der Waals surface area contributed by atoms with Crippen LogP contribution in [0.5, 0.6) is 0 Å². The van der Waals surface area contributed by atoms with Gasteiger partial charge in [0, 0.05) is 5.39 Å². The number of nitrogen functional groups attached to an aromatic ring is 1. The molecule has 0 saturated carbocycles. The van der Waals surface area contributed by atoms with Gasteiger partial charge in [-0.05, 0) is 29.8 Å². The molecule has 0 saturated heterocycles. The maximum atomic E-state index is 10.2. The average molecular weight is 267 g/mol. The highest BCUT2D eigenvalue weighted by atomic mass is 16.5. The van der Waals surface area contributed by atoms with Gasteiger partial charge in [-0.15, -0.1) is 0 Å². The van der Waals surface area contributed by atoms with E-state index in [9.17, 15) is 4.79 Å². The Kier molecular flexibility index (Phi) is 3.09. The van der Waals surface area contributed by atoms with Gasteiger partial charge < -0.3 is 10.5 Å². The maximum Gasteiger partial charge on any atom is 0.293 e. The third-order valence-corrected chi connectivity index (χ3v) is 3.09. The van der Waals surface area contributed by atoms with Crippen LogP contribution in [0.4, 0.5) is 5.82 Å². The minimum absolute atomic E-state index is 0.232. The van der Waals surface area contributed by atoms with E-state index in [4.69, 9.17) is 10.5 Å². The zero-order chi connectivity index (χ0) is 13.9. The summed E-state index contributed by atoms with van der Waals surface area (Å²) in [4.78, 5) is 10.2. The van der Waals surface area contributed by atoms with Crippen molar-refractivity contribution in [2.24, 2.45) is 0 Å². The van der Waals surface area contributed by atoms with Crippen molar-refractivity contribution in [2.45, 2.75) is 6.61 Å². The highest BCUT2D eigenvalue weighted by Gasteiger charge is 2.10. The van der Waals surface area contributed by atoms with E-state index in [1.165, 1.54) is 0 Å². The Hall–Kier alpha value is -2.82. The summed E-state index contributed by atoms with van der Waals surface area (Å²) in [5.41, 5.74) is 8.75. The molecule has 0 unspecified atom stereocenters. The van der Waals surface area contributed by atoms with Gasteiger partial charge in [-0.25, -0.2) is 4.68 Å². The molecule has 0 aliphatic carbocycles. The zero-order valence-electron chi connectivity index (χ0n) is 10.7. The molecule has 0 fully saturated rings. The largest absolute Gasteiger partial charge is 0.463 e. The van der Waals surface area contributed by atoms with Crippen LogP contribution >= 0.6 is 0 Å². The van der Waals surface area contributed by atoms with Crippen LogP contribution in [0.15, 0.2) is 48.5 Å². The van der Waals surface area contributed by atoms with Crippen LogP contribution in [-0.4, -0.2) is 16.3 Å². The molecule has 5 nitrogen and oxygen atoms in total. The van der Waals surface area contributed by atoms with Crippen LogP contribution in [0, 0.1) is 0 Å². The second-order valence-electron chi connectivity index (χ2n) is 4.39. The van der Waals surface area contributed by atoms with Gasteiger partial charge in [0.1, 0.15) is 12.4 Å². The van der Waals surface area contributed by atoms with Gasteiger partial charge in [-0.1, -0.05) is 24.3 Å². The summed E-state index contributed by atoms with van der Waals surface area (Å²) < 4.78 is 6.45. The third-order valence-electron chi connectivity index (χ3n) is 3.09. The molecule has 2 N–H and O–H groups in total. The Bertz CT molecular complexity index is 750. The van der Waals surface area contributed by atoms with E-state index in [-0.39, 0.29) is 6.61 Å². The molecule has 1 heterocycles. The fourth-order valence-electron chi connectivity index (χ4n) is 2.14. The lowest BCUT2D eigenvalue weighted by molar-refractivity contribution is -0.129. The fraction of sp³-hybridized carbons (Fsp3) is 0.0667. The predicted molar refractivity (Wildman–Crippen MR) is 76.3 cm³/mol. The summed E-state index contributed by atoms with van der Waals surface area (Å²) in [5.74, 6) is 0.569. The number of nitrogens with zero attached hydrogens (tertiary/aromatic N) is 2. The molecule has 0 radical (unpaired) electrons. The lowest BCUT2D eigenvalue weighted by Crippen LogP contribution is -2.01. The fourth-order valence-corrected chi connectivity index (χ4v) is 2.14. The van der Waals surface area contributed by atoms with Crippen molar-refractivity contribution >= 4 is 23.2 Å². The molecule has 2 aromatic carbocycles. The van der Waals surface area contributed by atoms with E-state index in [1.807, 2.05) is 48.5 Å². The number of carbonyl (C=O) groups excluding carboxylic acids is 1. The second kappa shape index (κ2) is 5.05. The van der Waals surface area contributed by atoms with Crippen LogP contribution in [0.2, 0.25) is 0 Å². The number of benzene rings is 2. The van der Waals surface area contributed by atoms with Crippen LogP contribution < -0.4 is 5.73 Å². The molecule has 1 aromatic heterocycles. The summed E-state index contributed by atoms with van der Waals surface area (Å²) in [6.07, 6.45) is 0. The molecule has 0 aliphatic rings. The number of ether oxygens (including phenoxy) is 1. The van der Waals surface area contributed by atoms with Gasteiger partial charge >= 0.3 is 0 Å². The Morgan fingerprint density at radius 2 is 2.00 bits per heavy atom. The van der Waals surface area contributed by atoms with Crippen molar-refractivity contribution in [3.05, 3.63) is 54.1 Å². The molecule has 0 atom stereocenters. The summed E-state index contributed by atoms with van der Waals surface area (Å²) in [6.45, 7) is 0.663. The summed E-state index contributed by atoms with van der Waals surface area (Å²) >= 11 is 0. The van der Waals surface area contributed by atoms with Crippen molar-refractivity contribution in [1.29, 1.82) is 0 Å². The topological polar surface area (TPSA) is 70.1 Å². The minimum atomic E-state index is 0.232. The van der Waals surface area contributed by atoms with Gasteiger partial charge in [0.25, 0.3) is 6.47 Å². The standard InChI is InChI=1S/C15H13N3O2/c16-15-13-8-11(9-20-10-19)6-7-14(13)17-18(15)12-4-2-1-3-5-12/h1-8,10H,9,16H2. The first-order chi connectivity index (χ1) is 9.79. The number of anilines is 1. The highest BCUT2D eigenvalue weighted by molar-refractivity contribution is 5.90. The first-order valence-corrected chi connectivity index (χ1v) is 6.17. The molecule has 20 heavy (non-hydrogen) atoms. The first kappa shape index (κ1) is 12.2. The monoisotopic (exact) mass is 267 g/mol. The normalized spacial score (nSPS) is 10.6. The number of hydrogen-bond acceptors (Lipinski definition) is 4. The number of rotatable bonds is 4. The molecule has 3 aromatic rings. The lowest BCUT2D eigenvalue weighted by atomic mass is 10.1. The predicted octanol–water partition coefficient (Wildman–Crippen LogP) is 2.28. The summed E-state index contributed by atoms with van der Waals surface area (Å²) in [6, 6.07) is 15.3. The molecular formula is C15H13N3O2. The Labute approximate surface area is 115 Å². The van der Waals surface area contributed by atoms with E-state index in [0.717, 1.165) is 22.2 Å². The van der Waals surface area contributed by atoms with E-state index in [2.05, 4.69) is 5.10 Å². The molecular weight excluding hydrogens is 254 g/mol. The third kappa shape index (κ3) is 2.09. The maximum absolute atomic E-state index is 10.2. The molecule has 5 heteroatoms. The smallest absolute Gasteiger partial charge is 0.293 e. The SMILES string of the molecule is Nc1c2cc(COC=O)ccc2nn1-c1ccccc1. The quantitative estimate of drug-likeness (QED) is 0.736. The molecule has 0 spiro atoms. The van der Waals surface area contributed by atoms with Crippen molar-refractivity contribution in [3.63, 3.8) is 0 Å². The van der Waals surface area contributed by atoms with Crippen molar-refractivity contribution in [2.75, 3.05) is 5.73 Å². The van der Waals surface area contributed by atoms with Crippen molar-refractivity contribution in [1.82, 2.24) is 9.78 Å². The minimum Gasteiger partial charge on any atom is -0.463 e. The Morgan fingerprint density at radius 3 is 2.75 bits per heavy atom. The molecule has 3 rings (SSSR count). The number of carbonyl (C=O) groups is 1. The number of para-hydroxylation sites is 1. The molecule has 0 amide bonds. The summed E-state index contributed by atoms with van der Waals surface area (Å²) in [5, 5.41) is 5.33. The van der Waals surface area contributed by atoms with Crippen LogP contribution in [0.25, 0.3) is 16.6 Å². The van der Waals surface area contributed by atoms with Crippen molar-refractivity contribution in [3.8, 4) is 5.69 Å². The molecule has 100 valence electrons. The first-order valence-electron chi connectivity index (χ1n) is 6.17. The van der Waals surface area contributed by atoms with Crippen molar-refractivity contribution < 1.29 is 9.53 Å². The zero-order valence-corrected chi connectivity index (χ0v) is 10.7. The number of hydrogen-bond donors (Lipinski definition) is 1. The van der Waals surface area contributed by atoms with Gasteiger partial charge in [-0.3, -0.25) is 4.79 Å². The van der Waals surface area contributed by atoms with E-state index in [1.54, 1.807) is 4.68 Å². The average Bonchev–Trinajstić information content (AvgIpc) is 2.83. The van der Waals surface area contributed by atoms with Crippen LogP contribution in [0.1, 0.15) is 5.56 Å². The Balaban J connectivity index is 2.08. The lowest BCUT2D eigenvalue weighted by Gasteiger charge is -2.02. The highest BCUT2D eigenvalue weighted by Crippen LogP contribution is 2.25.